The third-order valence-corrected chi connectivity index (χ3v) is 3.64. The molecule has 0 saturated heterocycles. The van der Waals surface area contributed by atoms with E-state index in [9.17, 15) is 18.9 Å². The number of rotatable bonds is 2. The van der Waals surface area contributed by atoms with E-state index < -0.39 is 11.0 Å². The Bertz CT molecular complexity index is 850. The van der Waals surface area contributed by atoms with Gasteiger partial charge in [0.2, 0.25) is 5.69 Å². The van der Waals surface area contributed by atoms with Gasteiger partial charge in [-0.1, -0.05) is 4.68 Å². The van der Waals surface area contributed by atoms with Crippen molar-refractivity contribution in [1.29, 1.82) is 0 Å². The lowest BCUT2D eigenvalue weighted by atomic mass is 9.93. The molecule has 3 rings (SSSR count). The van der Waals surface area contributed by atoms with Gasteiger partial charge in [0.15, 0.2) is 6.20 Å². The number of halogens is 2. The maximum Gasteiger partial charge on any atom is 0.423 e. The number of aromatic nitrogens is 1. The van der Waals surface area contributed by atoms with Crippen molar-refractivity contribution >= 4 is 11.3 Å². The summed E-state index contributed by atoms with van der Waals surface area (Å²) in [5.41, 5.74) is 0.0315. The molecule has 2 N–H and O–H groups in total. The molecular weight excluding hydrogens is 308 g/mol. The Balaban J connectivity index is 2.33. The van der Waals surface area contributed by atoms with Gasteiger partial charge >= 0.3 is 6.11 Å². The number of nitro groups is 1. The summed E-state index contributed by atoms with van der Waals surface area (Å²) in [4.78, 5) is 10.4. The molecular formula is C15H12F2N3O3+. The lowest BCUT2D eigenvalue weighted by Gasteiger charge is -2.27. The van der Waals surface area contributed by atoms with Crippen molar-refractivity contribution in [2.24, 2.45) is 0 Å². The highest BCUT2D eigenvalue weighted by molar-refractivity contribution is 5.85. The smallest absolute Gasteiger partial charge is 0.423 e. The molecule has 0 radical (unpaired) electrons. The van der Waals surface area contributed by atoms with Crippen molar-refractivity contribution in [1.82, 2.24) is 0 Å². The Hall–Kier alpha value is -3.03. The maximum absolute atomic E-state index is 14.1. The summed E-state index contributed by atoms with van der Waals surface area (Å²) in [6, 6.07) is 8.33. The van der Waals surface area contributed by atoms with Crippen LogP contribution in [0.1, 0.15) is 18.2 Å². The fourth-order valence-electron chi connectivity index (χ4n) is 2.48. The first-order chi connectivity index (χ1) is 10.8. The Labute approximate surface area is 129 Å². The molecule has 1 aliphatic heterocycles. The first-order valence-electron chi connectivity index (χ1n) is 6.64. The zero-order valence-corrected chi connectivity index (χ0v) is 12.0. The van der Waals surface area contributed by atoms with Crippen molar-refractivity contribution in [3.63, 3.8) is 0 Å². The van der Waals surface area contributed by atoms with Gasteiger partial charge in [-0.3, -0.25) is 10.1 Å². The normalized spacial score (nSPS) is 15.8. The van der Waals surface area contributed by atoms with Crippen LogP contribution in [0.5, 0.6) is 5.75 Å². The monoisotopic (exact) mass is 320 g/mol. The minimum absolute atomic E-state index is 0.114. The van der Waals surface area contributed by atoms with E-state index in [1.54, 1.807) is 18.2 Å². The minimum atomic E-state index is -3.53. The number of benzene rings is 1. The molecule has 0 atom stereocenters. The van der Waals surface area contributed by atoms with Gasteiger partial charge in [-0.2, -0.15) is 8.78 Å². The molecule has 2 aromatic rings. The van der Waals surface area contributed by atoms with Gasteiger partial charge in [-0.05, 0) is 19.1 Å². The highest BCUT2D eigenvalue weighted by atomic mass is 19.3. The molecule has 0 amide bonds. The molecule has 0 bridgehead atoms. The van der Waals surface area contributed by atoms with E-state index in [2.05, 4.69) is 0 Å². The minimum Gasteiger partial charge on any atom is -0.428 e. The first kappa shape index (κ1) is 14.9. The first-order valence-corrected chi connectivity index (χ1v) is 6.64. The van der Waals surface area contributed by atoms with Crippen LogP contribution in [-0.4, -0.2) is 11.0 Å². The van der Waals surface area contributed by atoms with Crippen LogP contribution < -0.4 is 15.3 Å². The van der Waals surface area contributed by atoms with E-state index in [1.165, 1.54) is 23.9 Å². The predicted molar refractivity (Wildman–Crippen MR) is 77.2 cm³/mol. The quantitative estimate of drug-likeness (QED) is 0.399. The van der Waals surface area contributed by atoms with E-state index in [1.807, 2.05) is 0 Å². The van der Waals surface area contributed by atoms with Crippen LogP contribution in [0.25, 0.3) is 5.57 Å². The average molecular weight is 320 g/mol. The molecule has 0 saturated carbocycles. The molecule has 118 valence electrons. The molecule has 6 nitrogen and oxygen atoms in total. The number of nitrogens with two attached hydrogens (primary N) is 1. The van der Waals surface area contributed by atoms with E-state index in [0.717, 1.165) is 12.1 Å². The van der Waals surface area contributed by atoms with E-state index in [-0.39, 0.29) is 28.1 Å². The van der Waals surface area contributed by atoms with Crippen molar-refractivity contribution in [2.45, 2.75) is 13.0 Å². The molecule has 1 aliphatic rings. The Morgan fingerprint density at radius 1 is 1.30 bits per heavy atom. The average Bonchev–Trinajstić information content (AvgIpc) is 2.49. The second kappa shape index (κ2) is 5.01. The zero-order valence-electron chi connectivity index (χ0n) is 12.0. The van der Waals surface area contributed by atoms with Gasteiger partial charge in [0.25, 0.3) is 5.69 Å². The topological polar surface area (TPSA) is 82.3 Å². The van der Waals surface area contributed by atoms with E-state index in [4.69, 9.17) is 10.6 Å². The predicted octanol–water partition coefficient (Wildman–Crippen LogP) is 2.40. The summed E-state index contributed by atoms with van der Waals surface area (Å²) in [6.45, 7) is 1.21. The van der Waals surface area contributed by atoms with Crippen molar-refractivity contribution in [3.8, 4) is 5.75 Å². The van der Waals surface area contributed by atoms with Crippen LogP contribution in [0, 0.1) is 10.1 Å². The largest absolute Gasteiger partial charge is 0.428 e. The summed E-state index contributed by atoms with van der Waals surface area (Å²) in [5, 5.41) is 11.0. The fraction of sp³-hybridized carbons (Fsp3) is 0.133. The molecule has 1 aromatic heterocycles. The zero-order chi connectivity index (χ0) is 16.8. The van der Waals surface area contributed by atoms with Crippen LogP contribution in [0.4, 0.5) is 14.5 Å². The fourth-order valence-corrected chi connectivity index (χ4v) is 2.48. The third-order valence-electron chi connectivity index (χ3n) is 3.64. The standard InChI is InChI=1S/C15H12F2N3O3/c1-9-14(12-4-2-3-7-19(12)18)11-8-10(20(21)22)5-6-13(11)23-15(9,16)17/h2-8H,18H2,1H3/q+1. The van der Waals surface area contributed by atoms with Crippen LogP contribution in [0.3, 0.4) is 0 Å². The number of ether oxygens (including phenoxy) is 1. The summed E-state index contributed by atoms with van der Waals surface area (Å²) in [5.74, 6) is 5.69. The third kappa shape index (κ3) is 2.37. The molecule has 2 heterocycles. The number of nitrogens with zero attached hydrogens (tertiary/aromatic N) is 2. The van der Waals surface area contributed by atoms with Crippen molar-refractivity contribution < 1.29 is 23.1 Å². The summed E-state index contributed by atoms with van der Waals surface area (Å²) in [6.07, 6.45) is -2.03. The number of pyridine rings is 1. The number of non-ortho nitro benzene ring substituents is 1. The Morgan fingerprint density at radius 3 is 2.70 bits per heavy atom. The molecule has 8 heteroatoms. The summed E-state index contributed by atoms with van der Waals surface area (Å²) >= 11 is 0. The van der Waals surface area contributed by atoms with Crippen LogP contribution >= 0.6 is 0 Å². The van der Waals surface area contributed by atoms with Crippen LogP contribution in [-0.2, 0) is 0 Å². The molecule has 0 spiro atoms. The molecule has 0 unspecified atom stereocenters. The van der Waals surface area contributed by atoms with Gasteiger partial charge in [0.05, 0.1) is 16.1 Å². The summed E-state index contributed by atoms with van der Waals surface area (Å²) < 4.78 is 34.2. The van der Waals surface area contributed by atoms with Crippen LogP contribution in [0.15, 0.2) is 48.2 Å². The summed E-state index contributed by atoms with van der Waals surface area (Å²) in [7, 11) is 0. The number of nitrogen functional groups attached to an aromatic ring is 1. The second-order valence-electron chi connectivity index (χ2n) is 5.05. The lowest BCUT2D eigenvalue weighted by Crippen LogP contribution is -2.48. The van der Waals surface area contributed by atoms with Gasteiger partial charge in [0.1, 0.15) is 5.75 Å². The number of fused-ring (bicyclic) bond motifs is 1. The number of hydrogen-bond acceptors (Lipinski definition) is 4. The Morgan fingerprint density at radius 2 is 2.04 bits per heavy atom. The number of alkyl halides is 2. The van der Waals surface area contributed by atoms with E-state index in [0.29, 0.717) is 5.69 Å². The number of nitro benzene ring substituents is 1. The SMILES string of the molecule is CC1=C(c2cccc[n+]2N)c2cc([N+](=O)[O-])ccc2OC1(F)F. The van der Waals surface area contributed by atoms with E-state index >= 15 is 0 Å². The molecule has 23 heavy (non-hydrogen) atoms. The highest BCUT2D eigenvalue weighted by Crippen LogP contribution is 2.45. The van der Waals surface area contributed by atoms with Crippen molar-refractivity contribution in [3.05, 3.63) is 69.5 Å². The molecule has 0 fully saturated rings. The van der Waals surface area contributed by atoms with Crippen molar-refractivity contribution in [2.75, 3.05) is 5.84 Å². The maximum atomic E-state index is 14.1. The van der Waals surface area contributed by atoms with Crippen LogP contribution in [0.2, 0.25) is 0 Å². The van der Waals surface area contributed by atoms with Gasteiger partial charge in [0, 0.05) is 29.8 Å². The van der Waals surface area contributed by atoms with Gasteiger partial charge in [-0.15, -0.1) is 0 Å². The second-order valence-corrected chi connectivity index (χ2v) is 5.05. The molecule has 0 aliphatic carbocycles. The lowest BCUT2D eigenvalue weighted by molar-refractivity contribution is -0.641. The van der Waals surface area contributed by atoms with Gasteiger partial charge < -0.3 is 4.74 Å². The molecule has 1 aromatic carbocycles. The highest BCUT2D eigenvalue weighted by Gasteiger charge is 2.44. The van der Waals surface area contributed by atoms with Gasteiger partial charge in [-0.25, -0.2) is 5.84 Å². The Kier molecular flexibility index (Phi) is 3.24. The number of hydrogen-bond donors (Lipinski definition) is 1.